The molecule has 7 heteroatoms. The molecule has 0 aromatic heterocycles. The van der Waals surface area contributed by atoms with Gasteiger partial charge in [-0.15, -0.1) is 24.0 Å². The van der Waals surface area contributed by atoms with Crippen molar-refractivity contribution in [2.45, 2.75) is 26.7 Å². The number of hydrogen-bond donors (Lipinski definition) is 2. The summed E-state index contributed by atoms with van der Waals surface area (Å²) in [6.07, 6.45) is 1.56. The summed E-state index contributed by atoms with van der Waals surface area (Å²) < 4.78 is 19.8. The minimum absolute atomic E-state index is 0. The molecule has 2 N–H and O–H groups in total. The van der Waals surface area contributed by atoms with Crippen LogP contribution in [0.3, 0.4) is 0 Å². The molecular weight excluding hydrogens is 488 g/mol. The standard InChI is InChI=1S/C17H25BrFN3O.HI/c1-3-20-16(22-10-17(2)11-23-12-17)21-8-4-5-13-6-7-14(18)9-15(13)19;/h6-7,9H,3-5,8,10-12H2,1-2H3,(H2,20,21,22);1H. The summed E-state index contributed by atoms with van der Waals surface area (Å²) in [4.78, 5) is 4.62. The molecule has 2 rings (SSSR count). The maximum Gasteiger partial charge on any atom is 0.191 e. The average Bonchev–Trinajstić information content (AvgIpc) is 2.48. The molecule has 0 aliphatic carbocycles. The maximum atomic E-state index is 13.8. The second-order valence-corrected chi connectivity index (χ2v) is 7.18. The van der Waals surface area contributed by atoms with Gasteiger partial charge in [-0.25, -0.2) is 4.39 Å². The number of nitrogens with zero attached hydrogens (tertiary/aromatic N) is 1. The Kier molecular flexibility index (Phi) is 9.51. The predicted octanol–water partition coefficient (Wildman–Crippen LogP) is 3.73. The van der Waals surface area contributed by atoms with Crippen LogP contribution in [0.2, 0.25) is 0 Å². The van der Waals surface area contributed by atoms with Gasteiger partial charge in [-0.3, -0.25) is 4.99 Å². The summed E-state index contributed by atoms with van der Waals surface area (Å²) in [6.45, 7) is 8.11. The lowest BCUT2D eigenvalue weighted by atomic mass is 9.89. The number of hydrogen-bond acceptors (Lipinski definition) is 2. The van der Waals surface area contributed by atoms with E-state index in [-0.39, 0.29) is 35.2 Å². The normalized spacial score (nSPS) is 16.1. The van der Waals surface area contributed by atoms with Crippen molar-refractivity contribution in [3.63, 3.8) is 0 Å². The van der Waals surface area contributed by atoms with Crippen molar-refractivity contribution >= 4 is 45.9 Å². The van der Waals surface area contributed by atoms with Crippen molar-refractivity contribution in [3.05, 3.63) is 34.1 Å². The molecule has 0 radical (unpaired) electrons. The van der Waals surface area contributed by atoms with Gasteiger partial charge in [-0.05, 0) is 37.5 Å². The van der Waals surface area contributed by atoms with Gasteiger partial charge in [0.25, 0.3) is 0 Å². The van der Waals surface area contributed by atoms with Crippen molar-refractivity contribution in [3.8, 4) is 0 Å². The minimum Gasteiger partial charge on any atom is -0.380 e. The van der Waals surface area contributed by atoms with Gasteiger partial charge in [0.05, 0.1) is 19.8 Å². The number of ether oxygens (including phenoxy) is 1. The number of benzene rings is 1. The molecule has 1 fully saturated rings. The van der Waals surface area contributed by atoms with E-state index in [1.54, 1.807) is 0 Å². The van der Waals surface area contributed by atoms with Gasteiger partial charge in [-0.1, -0.05) is 28.9 Å². The second kappa shape index (κ2) is 10.6. The van der Waals surface area contributed by atoms with Crippen LogP contribution in [-0.2, 0) is 11.2 Å². The molecule has 0 atom stereocenters. The lowest BCUT2D eigenvalue weighted by molar-refractivity contribution is -0.0945. The van der Waals surface area contributed by atoms with Crippen molar-refractivity contribution in [1.29, 1.82) is 0 Å². The Morgan fingerprint density at radius 2 is 2.12 bits per heavy atom. The van der Waals surface area contributed by atoms with Crippen LogP contribution < -0.4 is 10.6 Å². The van der Waals surface area contributed by atoms with Crippen LogP contribution in [0.4, 0.5) is 4.39 Å². The highest BCUT2D eigenvalue weighted by molar-refractivity contribution is 14.0. The van der Waals surface area contributed by atoms with E-state index in [0.717, 1.165) is 55.3 Å². The Morgan fingerprint density at radius 3 is 2.71 bits per heavy atom. The van der Waals surface area contributed by atoms with Crippen LogP contribution in [0, 0.1) is 11.2 Å². The lowest BCUT2D eigenvalue weighted by Crippen LogP contribution is -2.44. The largest absolute Gasteiger partial charge is 0.380 e. The van der Waals surface area contributed by atoms with E-state index in [1.165, 1.54) is 6.07 Å². The number of aryl methyl sites for hydroxylation is 1. The number of aliphatic imine (C=N–C) groups is 1. The molecule has 4 nitrogen and oxygen atoms in total. The first kappa shape index (κ1) is 21.6. The Hall–Kier alpha value is -0.410. The van der Waals surface area contributed by atoms with Crippen molar-refractivity contribution < 1.29 is 9.13 Å². The molecule has 0 spiro atoms. The van der Waals surface area contributed by atoms with Crippen molar-refractivity contribution in [2.24, 2.45) is 10.4 Å². The van der Waals surface area contributed by atoms with Gasteiger partial charge >= 0.3 is 0 Å². The number of rotatable bonds is 7. The van der Waals surface area contributed by atoms with Gasteiger partial charge < -0.3 is 15.4 Å². The third-order valence-electron chi connectivity index (χ3n) is 3.79. The van der Waals surface area contributed by atoms with Gasteiger partial charge in [0.1, 0.15) is 5.82 Å². The van der Waals surface area contributed by atoms with E-state index >= 15 is 0 Å². The fraction of sp³-hybridized carbons (Fsp3) is 0.588. The fourth-order valence-electron chi connectivity index (χ4n) is 2.36. The van der Waals surface area contributed by atoms with Crippen LogP contribution in [0.25, 0.3) is 0 Å². The maximum absolute atomic E-state index is 13.8. The van der Waals surface area contributed by atoms with Crippen LogP contribution >= 0.6 is 39.9 Å². The molecule has 0 bridgehead atoms. The Morgan fingerprint density at radius 1 is 1.38 bits per heavy atom. The molecular formula is C17H26BrFIN3O. The second-order valence-electron chi connectivity index (χ2n) is 6.26. The van der Waals surface area contributed by atoms with E-state index in [4.69, 9.17) is 4.74 Å². The highest BCUT2D eigenvalue weighted by atomic mass is 127. The summed E-state index contributed by atoms with van der Waals surface area (Å²) in [6, 6.07) is 5.21. The zero-order chi connectivity index (χ0) is 16.7. The van der Waals surface area contributed by atoms with Crippen LogP contribution in [0.5, 0.6) is 0 Å². The first-order chi connectivity index (χ1) is 11.0. The third kappa shape index (κ3) is 6.84. The third-order valence-corrected chi connectivity index (χ3v) is 4.29. The molecule has 1 heterocycles. The Labute approximate surface area is 169 Å². The van der Waals surface area contributed by atoms with Crippen LogP contribution in [-0.4, -0.2) is 38.8 Å². The SMILES string of the molecule is CCNC(=NCC1(C)COC1)NCCCc1ccc(Br)cc1F.I. The summed E-state index contributed by atoms with van der Waals surface area (Å²) in [5.41, 5.74) is 0.916. The van der Waals surface area contributed by atoms with Crippen molar-refractivity contribution in [2.75, 3.05) is 32.8 Å². The molecule has 1 aromatic carbocycles. The molecule has 136 valence electrons. The Balaban J connectivity index is 0.00000288. The van der Waals surface area contributed by atoms with Gasteiger partial charge in [0, 0.05) is 23.0 Å². The smallest absolute Gasteiger partial charge is 0.191 e. The van der Waals surface area contributed by atoms with Gasteiger partial charge in [0.2, 0.25) is 0 Å². The summed E-state index contributed by atoms with van der Waals surface area (Å²) in [5.74, 6) is 0.662. The van der Waals surface area contributed by atoms with Crippen molar-refractivity contribution in [1.82, 2.24) is 10.6 Å². The summed E-state index contributed by atoms with van der Waals surface area (Å²) in [7, 11) is 0. The summed E-state index contributed by atoms with van der Waals surface area (Å²) >= 11 is 3.27. The number of nitrogens with one attached hydrogen (secondary N) is 2. The predicted molar refractivity (Wildman–Crippen MR) is 111 cm³/mol. The van der Waals surface area contributed by atoms with Crippen LogP contribution in [0.15, 0.2) is 27.7 Å². The molecule has 0 saturated carbocycles. The quantitative estimate of drug-likeness (QED) is 0.253. The Bertz CT molecular complexity index is 553. The molecule has 0 amide bonds. The number of guanidine groups is 1. The molecule has 1 aliphatic heterocycles. The van der Waals surface area contributed by atoms with E-state index in [0.29, 0.717) is 6.42 Å². The molecule has 1 saturated heterocycles. The van der Waals surface area contributed by atoms with E-state index in [1.807, 2.05) is 19.1 Å². The monoisotopic (exact) mass is 513 g/mol. The minimum atomic E-state index is -0.155. The molecule has 0 unspecified atom stereocenters. The highest BCUT2D eigenvalue weighted by Gasteiger charge is 2.33. The topological polar surface area (TPSA) is 45.7 Å². The highest BCUT2D eigenvalue weighted by Crippen LogP contribution is 2.26. The zero-order valence-corrected chi connectivity index (χ0v) is 18.1. The summed E-state index contributed by atoms with van der Waals surface area (Å²) in [5, 5.41) is 6.55. The van der Waals surface area contributed by atoms with Crippen LogP contribution in [0.1, 0.15) is 25.8 Å². The molecule has 1 aliphatic rings. The first-order valence-corrected chi connectivity index (χ1v) is 8.85. The van der Waals surface area contributed by atoms with E-state index in [9.17, 15) is 4.39 Å². The molecule has 24 heavy (non-hydrogen) atoms. The lowest BCUT2D eigenvalue weighted by Gasteiger charge is -2.36. The molecule has 1 aromatic rings. The average molecular weight is 514 g/mol. The van der Waals surface area contributed by atoms with E-state index in [2.05, 4.69) is 38.5 Å². The fourth-order valence-corrected chi connectivity index (χ4v) is 2.70. The van der Waals surface area contributed by atoms with E-state index < -0.39 is 0 Å². The van der Waals surface area contributed by atoms with Gasteiger partial charge in [0.15, 0.2) is 5.96 Å². The first-order valence-electron chi connectivity index (χ1n) is 8.06. The number of halogens is 3. The zero-order valence-electron chi connectivity index (χ0n) is 14.2. The van der Waals surface area contributed by atoms with Gasteiger partial charge in [-0.2, -0.15) is 0 Å².